The van der Waals surface area contributed by atoms with Crippen molar-refractivity contribution in [3.63, 3.8) is 0 Å². The topological polar surface area (TPSA) is 59.8 Å². The molecular weight excluding hydrogens is 380 g/mol. The highest BCUT2D eigenvalue weighted by molar-refractivity contribution is 8.00. The monoisotopic (exact) mass is 414 g/mol. The lowest BCUT2D eigenvalue weighted by molar-refractivity contribution is -0.121. The smallest absolute Gasteiger partial charge is 0.233 e. The first-order valence-electron chi connectivity index (χ1n) is 10.6. The van der Waals surface area contributed by atoms with Crippen molar-refractivity contribution in [2.45, 2.75) is 82.2 Å². The van der Waals surface area contributed by atoms with Gasteiger partial charge in [0, 0.05) is 18.7 Å². The molecule has 0 aliphatic heterocycles. The molecule has 1 aromatic carbocycles. The van der Waals surface area contributed by atoms with Gasteiger partial charge in [-0.3, -0.25) is 4.79 Å². The molecule has 2 aromatic rings. The first kappa shape index (κ1) is 21.9. The summed E-state index contributed by atoms with van der Waals surface area (Å²) in [6.45, 7) is 10.8. The molecule has 5 nitrogen and oxygen atoms in total. The van der Waals surface area contributed by atoms with E-state index in [4.69, 9.17) is 0 Å². The van der Waals surface area contributed by atoms with E-state index in [0.717, 1.165) is 23.0 Å². The van der Waals surface area contributed by atoms with Gasteiger partial charge in [-0.1, -0.05) is 76.6 Å². The van der Waals surface area contributed by atoms with Gasteiger partial charge in [-0.25, -0.2) is 0 Å². The highest BCUT2D eigenvalue weighted by Gasteiger charge is 2.26. The number of carbonyl (C=O) groups excluding carboxylic acids is 1. The van der Waals surface area contributed by atoms with Gasteiger partial charge in [0.25, 0.3) is 0 Å². The molecule has 6 heteroatoms. The van der Waals surface area contributed by atoms with E-state index in [2.05, 4.69) is 67.5 Å². The summed E-state index contributed by atoms with van der Waals surface area (Å²) in [7, 11) is 1.96. The van der Waals surface area contributed by atoms with Gasteiger partial charge in [-0.05, 0) is 36.7 Å². The van der Waals surface area contributed by atoms with Gasteiger partial charge >= 0.3 is 0 Å². The third-order valence-corrected chi connectivity index (χ3v) is 7.07. The molecule has 3 rings (SSSR count). The Labute approximate surface area is 179 Å². The lowest BCUT2D eigenvalue weighted by atomic mass is 9.86. The van der Waals surface area contributed by atoms with Crippen molar-refractivity contribution >= 4 is 17.7 Å². The van der Waals surface area contributed by atoms with Crippen molar-refractivity contribution in [3.8, 4) is 11.4 Å². The van der Waals surface area contributed by atoms with Gasteiger partial charge in [0.1, 0.15) is 0 Å². The van der Waals surface area contributed by atoms with Crippen molar-refractivity contribution < 1.29 is 4.79 Å². The number of thioether (sulfide) groups is 1. The second kappa shape index (κ2) is 8.90. The molecule has 1 aliphatic carbocycles. The normalized spacial score (nSPS) is 21.0. The fourth-order valence-corrected chi connectivity index (χ4v) is 4.65. The summed E-state index contributed by atoms with van der Waals surface area (Å²) in [5, 5.41) is 12.5. The minimum atomic E-state index is -0.205. The Balaban J connectivity index is 1.66. The molecule has 0 radical (unpaired) electrons. The molecule has 3 atom stereocenters. The van der Waals surface area contributed by atoms with Gasteiger partial charge in [0.2, 0.25) is 5.91 Å². The minimum absolute atomic E-state index is 0.0906. The highest BCUT2D eigenvalue weighted by atomic mass is 32.2. The predicted molar refractivity (Wildman–Crippen MR) is 120 cm³/mol. The number of aromatic nitrogens is 3. The molecule has 29 heavy (non-hydrogen) atoms. The molecule has 0 saturated heterocycles. The summed E-state index contributed by atoms with van der Waals surface area (Å²) in [6, 6.07) is 8.80. The molecule has 1 aliphatic rings. The summed E-state index contributed by atoms with van der Waals surface area (Å²) in [6.07, 6.45) is 4.77. The number of amides is 1. The highest BCUT2D eigenvalue weighted by Crippen LogP contribution is 2.29. The van der Waals surface area contributed by atoms with Crippen LogP contribution in [0.25, 0.3) is 11.4 Å². The Hall–Kier alpha value is -1.82. The fourth-order valence-electron chi connectivity index (χ4n) is 3.83. The van der Waals surface area contributed by atoms with E-state index in [9.17, 15) is 4.79 Å². The Bertz CT molecular complexity index is 838. The zero-order valence-electron chi connectivity index (χ0n) is 18.5. The summed E-state index contributed by atoms with van der Waals surface area (Å²) >= 11 is 1.47. The van der Waals surface area contributed by atoms with Gasteiger partial charge < -0.3 is 9.88 Å². The second-order valence-corrected chi connectivity index (χ2v) is 10.6. The third kappa shape index (κ3) is 5.21. The first-order chi connectivity index (χ1) is 13.7. The summed E-state index contributed by atoms with van der Waals surface area (Å²) in [5.74, 6) is 1.47. The van der Waals surface area contributed by atoms with Crippen LogP contribution in [0.1, 0.15) is 65.9 Å². The van der Waals surface area contributed by atoms with E-state index in [0.29, 0.717) is 12.0 Å². The second-order valence-electron chi connectivity index (χ2n) is 9.33. The fraction of sp³-hybridized carbons (Fsp3) is 0.609. The van der Waals surface area contributed by atoms with E-state index in [1.807, 2.05) is 18.5 Å². The molecule has 1 saturated carbocycles. The third-order valence-electron chi connectivity index (χ3n) is 5.93. The Kier molecular flexibility index (Phi) is 6.72. The van der Waals surface area contributed by atoms with Crippen molar-refractivity contribution in [1.82, 2.24) is 20.1 Å². The zero-order chi connectivity index (χ0) is 21.2. The van der Waals surface area contributed by atoms with Gasteiger partial charge in [-0.15, -0.1) is 10.2 Å². The van der Waals surface area contributed by atoms with Crippen LogP contribution in [-0.4, -0.2) is 32.0 Å². The van der Waals surface area contributed by atoms with Crippen LogP contribution in [0.3, 0.4) is 0 Å². The van der Waals surface area contributed by atoms with Crippen molar-refractivity contribution in [2.75, 3.05) is 0 Å². The van der Waals surface area contributed by atoms with Crippen molar-refractivity contribution in [3.05, 3.63) is 29.8 Å². The Morgan fingerprint density at radius 3 is 2.45 bits per heavy atom. The molecule has 0 bridgehead atoms. The minimum Gasteiger partial charge on any atom is -0.352 e. The quantitative estimate of drug-likeness (QED) is 0.703. The molecule has 1 N–H and O–H groups in total. The van der Waals surface area contributed by atoms with Crippen LogP contribution >= 0.6 is 11.8 Å². The molecule has 1 fully saturated rings. The van der Waals surface area contributed by atoms with Crippen LogP contribution in [-0.2, 0) is 17.3 Å². The van der Waals surface area contributed by atoms with E-state index in [1.165, 1.54) is 36.6 Å². The van der Waals surface area contributed by atoms with Gasteiger partial charge in [-0.2, -0.15) is 0 Å². The Morgan fingerprint density at radius 2 is 1.83 bits per heavy atom. The lowest BCUT2D eigenvalue weighted by Crippen LogP contribution is -2.44. The van der Waals surface area contributed by atoms with Crippen LogP contribution in [0.2, 0.25) is 0 Å². The predicted octanol–water partition coefficient (Wildman–Crippen LogP) is 4.96. The number of benzene rings is 1. The molecule has 1 heterocycles. The van der Waals surface area contributed by atoms with E-state index in [-0.39, 0.29) is 16.6 Å². The number of hydrogen-bond donors (Lipinski definition) is 1. The van der Waals surface area contributed by atoms with E-state index < -0.39 is 0 Å². The largest absolute Gasteiger partial charge is 0.352 e. The van der Waals surface area contributed by atoms with Crippen LogP contribution < -0.4 is 5.32 Å². The van der Waals surface area contributed by atoms with E-state index >= 15 is 0 Å². The summed E-state index contributed by atoms with van der Waals surface area (Å²) in [4.78, 5) is 12.7. The summed E-state index contributed by atoms with van der Waals surface area (Å²) in [5.41, 5.74) is 2.45. The molecule has 0 unspecified atom stereocenters. The SMILES string of the molecule is C[C@@H](Sc1nnc(-c2ccc(C(C)(C)C)cc2)n1C)C(=O)N[C@@H]1CCCC[C@@H]1C. The number of nitrogens with zero attached hydrogens (tertiary/aromatic N) is 3. The molecular formula is C23H34N4OS. The van der Waals surface area contributed by atoms with E-state index in [1.54, 1.807) is 0 Å². The summed E-state index contributed by atoms with van der Waals surface area (Å²) < 4.78 is 1.98. The molecule has 1 amide bonds. The lowest BCUT2D eigenvalue weighted by Gasteiger charge is -2.30. The standard InChI is InChI=1S/C23H34N4OS/c1-15-9-7-8-10-19(15)24-21(28)16(2)29-22-26-25-20(27(22)6)17-11-13-18(14-12-17)23(3,4)5/h11-16,19H,7-10H2,1-6H3,(H,24,28)/t15-,16+,19+/m0/s1. The number of hydrogen-bond acceptors (Lipinski definition) is 4. The van der Waals surface area contributed by atoms with Crippen molar-refractivity contribution in [1.29, 1.82) is 0 Å². The van der Waals surface area contributed by atoms with Crippen LogP contribution in [0.15, 0.2) is 29.4 Å². The maximum atomic E-state index is 12.7. The maximum Gasteiger partial charge on any atom is 0.233 e. The molecule has 1 aromatic heterocycles. The number of rotatable bonds is 5. The Morgan fingerprint density at radius 1 is 1.17 bits per heavy atom. The van der Waals surface area contributed by atoms with Crippen molar-refractivity contribution in [2.24, 2.45) is 13.0 Å². The van der Waals surface area contributed by atoms with Crippen LogP contribution in [0.4, 0.5) is 0 Å². The average Bonchev–Trinajstić information content (AvgIpc) is 3.03. The molecule has 0 spiro atoms. The average molecular weight is 415 g/mol. The zero-order valence-corrected chi connectivity index (χ0v) is 19.3. The first-order valence-corrected chi connectivity index (χ1v) is 11.5. The van der Waals surface area contributed by atoms with Crippen LogP contribution in [0, 0.1) is 5.92 Å². The maximum absolute atomic E-state index is 12.7. The van der Waals surface area contributed by atoms with Crippen LogP contribution in [0.5, 0.6) is 0 Å². The number of carbonyl (C=O) groups is 1. The molecule has 158 valence electrons. The van der Waals surface area contributed by atoms with Gasteiger partial charge in [0.05, 0.1) is 5.25 Å². The van der Waals surface area contributed by atoms with Gasteiger partial charge in [0.15, 0.2) is 11.0 Å². The number of nitrogens with one attached hydrogen (secondary N) is 1.